The summed E-state index contributed by atoms with van der Waals surface area (Å²) >= 11 is 0. The number of carbonyl (C=O) groups excluding carboxylic acids is 1. The molecule has 1 heterocycles. The number of hydrogen-bond donors (Lipinski definition) is 2. The van der Waals surface area contributed by atoms with Gasteiger partial charge < -0.3 is 15.8 Å². The van der Waals surface area contributed by atoms with Crippen molar-refractivity contribution in [1.82, 2.24) is 5.32 Å². The number of nitrogens with two attached hydrogens (primary N) is 1. The molecule has 1 aromatic rings. The van der Waals surface area contributed by atoms with Gasteiger partial charge >= 0.3 is 0 Å². The first-order chi connectivity index (χ1) is 8.52. The van der Waals surface area contributed by atoms with Crippen molar-refractivity contribution in [2.45, 2.75) is 18.4 Å². The molecule has 2 rings (SSSR count). The lowest BCUT2D eigenvalue weighted by Gasteiger charge is -2.29. The second-order valence-electron chi connectivity index (χ2n) is 4.28. The average Bonchev–Trinajstić information content (AvgIpc) is 2.32. The summed E-state index contributed by atoms with van der Waals surface area (Å²) in [7, 11) is 1.33. The Balaban J connectivity index is 2.40. The summed E-state index contributed by atoms with van der Waals surface area (Å²) in [5.74, 6) is -2.27. The first kappa shape index (κ1) is 12.8. The van der Waals surface area contributed by atoms with E-state index in [-0.39, 0.29) is 30.2 Å². The summed E-state index contributed by atoms with van der Waals surface area (Å²) in [6.45, 7) is 0.217. The molecule has 1 fully saturated rings. The lowest BCUT2D eigenvalue weighted by Crippen LogP contribution is -2.48. The molecule has 0 aromatic heterocycles. The average molecular weight is 256 g/mol. The summed E-state index contributed by atoms with van der Waals surface area (Å²) in [6.07, 6.45) is -0.0126. The van der Waals surface area contributed by atoms with Crippen molar-refractivity contribution < 1.29 is 18.3 Å². The van der Waals surface area contributed by atoms with Gasteiger partial charge in [0.15, 0.2) is 0 Å². The summed E-state index contributed by atoms with van der Waals surface area (Å²) in [5, 5.41) is 2.56. The molecule has 0 spiro atoms. The fourth-order valence-electron chi connectivity index (χ4n) is 2.15. The maximum atomic E-state index is 13.9. The van der Waals surface area contributed by atoms with E-state index >= 15 is 0 Å². The molecule has 1 unspecified atom stereocenters. The molecule has 0 radical (unpaired) electrons. The number of amides is 1. The number of benzene rings is 1. The Morgan fingerprint density at radius 2 is 2.00 bits per heavy atom. The van der Waals surface area contributed by atoms with E-state index in [0.29, 0.717) is 0 Å². The van der Waals surface area contributed by atoms with Gasteiger partial charge in [-0.3, -0.25) is 4.79 Å². The highest BCUT2D eigenvalue weighted by atomic mass is 19.1. The summed E-state index contributed by atoms with van der Waals surface area (Å²) in [5.41, 5.74) is 5.66. The van der Waals surface area contributed by atoms with Crippen molar-refractivity contribution >= 4 is 5.91 Å². The topological polar surface area (TPSA) is 64.3 Å². The minimum Gasteiger partial charge on any atom is -0.497 e. The van der Waals surface area contributed by atoms with E-state index in [1.165, 1.54) is 7.11 Å². The summed E-state index contributed by atoms with van der Waals surface area (Å²) in [4.78, 5) is 11.3. The normalized spacial score (nSPS) is 23.7. The predicted molar refractivity (Wildman–Crippen MR) is 61.3 cm³/mol. The minimum atomic E-state index is -0.734. The standard InChI is InChI=1S/C12H14F2N2O2/c1-18-6-2-8(13)12(9(14)3-6)7-4-11(17)16-5-10(7)15/h2-3,7,10H,4-5,15H2,1H3,(H,16,17)/t7?,10-/m1/s1. The third-order valence-corrected chi connectivity index (χ3v) is 3.12. The Morgan fingerprint density at radius 1 is 1.39 bits per heavy atom. The SMILES string of the molecule is COc1cc(F)c(C2CC(=O)NC[C@H]2N)c(F)c1. The van der Waals surface area contributed by atoms with Crippen molar-refractivity contribution in [2.75, 3.05) is 13.7 Å². The highest BCUT2D eigenvalue weighted by Gasteiger charge is 2.32. The van der Waals surface area contributed by atoms with Gasteiger partial charge in [0, 0.05) is 42.6 Å². The number of hydrogen-bond acceptors (Lipinski definition) is 3. The van der Waals surface area contributed by atoms with Crippen molar-refractivity contribution in [3.05, 3.63) is 29.3 Å². The lowest BCUT2D eigenvalue weighted by atomic mass is 9.85. The third kappa shape index (κ3) is 2.28. The smallest absolute Gasteiger partial charge is 0.220 e. The molecule has 1 aliphatic rings. The van der Waals surface area contributed by atoms with Crippen LogP contribution in [-0.4, -0.2) is 25.6 Å². The van der Waals surface area contributed by atoms with Crippen molar-refractivity contribution in [1.29, 1.82) is 0 Å². The number of nitrogens with one attached hydrogen (secondary N) is 1. The molecule has 1 aromatic carbocycles. The summed E-state index contributed by atoms with van der Waals surface area (Å²) < 4.78 is 32.5. The van der Waals surface area contributed by atoms with Gasteiger partial charge in [0.2, 0.25) is 5.91 Å². The first-order valence-corrected chi connectivity index (χ1v) is 5.58. The Morgan fingerprint density at radius 3 is 2.56 bits per heavy atom. The van der Waals surface area contributed by atoms with Crippen LogP contribution >= 0.6 is 0 Å². The maximum absolute atomic E-state index is 13.9. The molecule has 98 valence electrons. The fraction of sp³-hybridized carbons (Fsp3) is 0.417. The van der Waals surface area contributed by atoms with Gasteiger partial charge in [0.25, 0.3) is 0 Å². The molecule has 3 N–H and O–H groups in total. The van der Waals surface area contributed by atoms with E-state index < -0.39 is 23.6 Å². The van der Waals surface area contributed by atoms with Crippen LogP contribution in [0.25, 0.3) is 0 Å². The Bertz CT molecular complexity index is 456. The highest BCUT2D eigenvalue weighted by molar-refractivity contribution is 5.78. The second-order valence-corrected chi connectivity index (χ2v) is 4.28. The van der Waals surface area contributed by atoms with Crippen LogP contribution in [0.2, 0.25) is 0 Å². The van der Waals surface area contributed by atoms with E-state index in [1.54, 1.807) is 0 Å². The molecule has 1 saturated heterocycles. The van der Waals surface area contributed by atoms with E-state index in [9.17, 15) is 13.6 Å². The predicted octanol–water partition coefficient (Wildman–Crippen LogP) is 0.904. The molecule has 4 nitrogen and oxygen atoms in total. The maximum Gasteiger partial charge on any atom is 0.220 e. The van der Waals surface area contributed by atoms with Crippen LogP contribution in [0.4, 0.5) is 8.78 Å². The minimum absolute atomic E-state index is 0.0126. The van der Waals surface area contributed by atoms with Crippen molar-refractivity contribution in [3.63, 3.8) is 0 Å². The van der Waals surface area contributed by atoms with Crippen LogP contribution in [0.5, 0.6) is 5.75 Å². The molecule has 6 heteroatoms. The van der Waals surface area contributed by atoms with Gasteiger partial charge in [-0.05, 0) is 0 Å². The zero-order valence-corrected chi connectivity index (χ0v) is 9.87. The Labute approximate surface area is 103 Å². The molecule has 1 aliphatic heterocycles. The third-order valence-electron chi connectivity index (χ3n) is 3.12. The van der Waals surface area contributed by atoms with E-state index in [1.807, 2.05) is 0 Å². The number of carbonyl (C=O) groups is 1. The van der Waals surface area contributed by atoms with E-state index in [2.05, 4.69) is 5.32 Å². The molecule has 0 saturated carbocycles. The molecule has 2 atom stereocenters. The van der Waals surface area contributed by atoms with Crippen LogP contribution < -0.4 is 15.8 Å². The van der Waals surface area contributed by atoms with Crippen molar-refractivity contribution in [3.8, 4) is 5.75 Å². The van der Waals surface area contributed by atoms with Gasteiger partial charge in [-0.2, -0.15) is 0 Å². The van der Waals surface area contributed by atoms with Gasteiger partial charge in [0.05, 0.1) is 7.11 Å². The number of ether oxygens (including phenoxy) is 1. The van der Waals surface area contributed by atoms with Crippen molar-refractivity contribution in [2.24, 2.45) is 5.73 Å². The quantitative estimate of drug-likeness (QED) is 0.826. The largest absolute Gasteiger partial charge is 0.497 e. The molecule has 1 amide bonds. The van der Waals surface area contributed by atoms with Crippen LogP contribution in [-0.2, 0) is 4.79 Å². The second kappa shape index (κ2) is 4.89. The van der Waals surface area contributed by atoms with E-state index in [0.717, 1.165) is 12.1 Å². The van der Waals surface area contributed by atoms with Crippen LogP contribution in [0.1, 0.15) is 17.9 Å². The molecular formula is C12H14F2N2O2. The van der Waals surface area contributed by atoms with Gasteiger partial charge in [-0.15, -0.1) is 0 Å². The molecule has 18 heavy (non-hydrogen) atoms. The van der Waals surface area contributed by atoms with E-state index in [4.69, 9.17) is 10.5 Å². The Hall–Kier alpha value is -1.69. The monoisotopic (exact) mass is 256 g/mol. The van der Waals surface area contributed by atoms with Gasteiger partial charge in [-0.1, -0.05) is 0 Å². The van der Waals surface area contributed by atoms with Crippen LogP contribution in [0, 0.1) is 11.6 Å². The van der Waals surface area contributed by atoms with Gasteiger partial charge in [0.1, 0.15) is 17.4 Å². The van der Waals surface area contributed by atoms with Crippen LogP contribution in [0.15, 0.2) is 12.1 Å². The fourth-order valence-corrected chi connectivity index (χ4v) is 2.15. The lowest BCUT2D eigenvalue weighted by molar-refractivity contribution is -0.122. The summed E-state index contributed by atoms with van der Waals surface area (Å²) in [6, 6.07) is 1.69. The highest BCUT2D eigenvalue weighted by Crippen LogP contribution is 2.32. The zero-order chi connectivity index (χ0) is 13.3. The first-order valence-electron chi connectivity index (χ1n) is 5.58. The Kier molecular flexibility index (Phi) is 3.47. The molecular weight excluding hydrogens is 242 g/mol. The van der Waals surface area contributed by atoms with Crippen LogP contribution in [0.3, 0.4) is 0 Å². The number of methoxy groups -OCH3 is 1. The zero-order valence-electron chi connectivity index (χ0n) is 9.87. The number of rotatable bonds is 2. The van der Waals surface area contributed by atoms with Gasteiger partial charge in [-0.25, -0.2) is 8.78 Å². The molecule has 0 bridgehead atoms. The number of piperidine rings is 1. The number of halogens is 2. The molecule has 0 aliphatic carbocycles.